The molecule has 3 heterocycles. The van der Waals surface area contributed by atoms with E-state index in [0.717, 1.165) is 63.7 Å². The second-order valence-electron chi connectivity index (χ2n) is 7.51. The summed E-state index contributed by atoms with van der Waals surface area (Å²) in [5.41, 5.74) is 0.453. The van der Waals surface area contributed by atoms with Crippen molar-refractivity contribution < 1.29 is 14.6 Å². The van der Waals surface area contributed by atoms with Crippen molar-refractivity contribution in [2.75, 3.05) is 19.6 Å². The van der Waals surface area contributed by atoms with Crippen molar-refractivity contribution in [3.8, 4) is 0 Å². The number of nitrogens with zero attached hydrogens (tertiary/aromatic N) is 1. The Morgan fingerprint density at radius 2 is 1.91 bits per heavy atom. The van der Waals surface area contributed by atoms with Gasteiger partial charge in [-0.25, -0.2) is 4.79 Å². The van der Waals surface area contributed by atoms with Crippen molar-refractivity contribution in [1.29, 1.82) is 0 Å². The molecule has 3 saturated heterocycles. The van der Waals surface area contributed by atoms with Crippen LogP contribution in [0.5, 0.6) is 0 Å². The quantitative estimate of drug-likeness (QED) is 0.640. The molecule has 3 aliphatic heterocycles. The molecular weight excluding hydrogens is 278 g/mol. The SMILES string of the molecule is C=C(C)C1(C(O)C(=O)OC2CN3CCC2CC3)CCCCC1. The minimum atomic E-state index is -1.05. The van der Waals surface area contributed by atoms with E-state index >= 15 is 0 Å². The molecule has 0 spiro atoms. The number of hydrogen-bond acceptors (Lipinski definition) is 4. The fourth-order valence-corrected chi connectivity index (χ4v) is 4.60. The first-order chi connectivity index (χ1) is 10.5. The van der Waals surface area contributed by atoms with Crippen LogP contribution in [0, 0.1) is 11.3 Å². The first-order valence-electron chi connectivity index (χ1n) is 8.80. The number of rotatable bonds is 4. The van der Waals surface area contributed by atoms with Gasteiger partial charge in [0, 0.05) is 12.0 Å². The molecule has 4 fully saturated rings. The van der Waals surface area contributed by atoms with E-state index in [2.05, 4.69) is 11.5 Å². The molecule has 2 unspecified atom stereocenters. The number of ether oxygens (including phenoxy) is 1. The van der Waals surface area contributed by atoms with E-state index in [1.807, 2.05) is 6.92 Å². The third kappa shape index (κ3) is 2.83. The maximum Gasteiger partial charge on any atom is 0.336 e. The summed E-state index contributed by atoms with van der Waals surface area (Å²) in [6, 6.07) is 0. The molecule has 1 saturated carbocycles. The molecule has 2 atom stereocenters. The lowest BCUT2D eigenvalue weighted by atomic mass is 9.66. The molecule has 1 N–H and O–H groups in total. The van der Waals surface area contributed by atoms with Crippen LogP contribution in [0.3, 0.4) is 0 Å². The van der Waals surface area contributed by atoms with Gasteiger partial charge in [-0.1, -0.05) is 31.4 Å². The number of esters is 1. The summed E-state index contributed by atoms with van der Waals surface area (Å²) in [5, 5.41) is 10.7. The molecule has 4 rings (SSSR count). The second-order valence-corrected chi connectivity index (χ2v) is 7.51. The van der Waals surface area contributed by atoms with Crippen LogP contribution in [0.2, 0.25) is 0 Å². The van der Waals surface area contributed by atoms with Crippen molar-refractivity contribution in [3.05, 3.63) is 12.2 Å². The van der Waals surface area contributed by atoms with E-state index < -0.39 is 17.5 Å². The van der Waals surface area contributed by atoms with Crippen LogP contribution in [0.25, 0.3) is 0 Å². The molecule has 124 valence electrons. The van der Waals surface area contributed by atoms with Crippen molar-refractivity contribution in [2.45, 2.75) is 64.1 Å². The zero-order chi connectivity index (χ0) is 15.7. The van der Waals surface area contributed by atoms with Crippen molar-refractivity contribution in [2.24, 2.45) is 11.3 Å². The molecule has 0 aromatic rings. The van der Waals surface area contributed by atoms with Gasteiger partial charge in [-0.05, 0) is 51.6 Å². The van der Waals surface area contributed by atoms with Crippen LogP contribution >= 0.6 is 0 Å². The molecule has 2 bridgehead atoms. The van der Waals surface area contributed by atoms with Gasteiger partial charge in [0.2, 0.25) is 0 Å². The van der Waals surface area contributed by atoms with Crippen LogP contribution in [-0.4, -0.2) is 47.8 Å². The average Bonchev–Trinajstić information content (AvgIpc) is 2.55. The Morgan fingerprint density at radius 1 is 1.27 bits per heavy atom. The average molecular weight is 307 g/mol. The highest BCUT2D eigenvalue weighted by atomic mass is 16.6. The number of piperidine rings is 3. The molecule has 0 amide bonds. The number of aliphatic hydroxyl groups is 1. The minimum Gasteiger partial charge on any atom is -0.459 e. The molecule has 0 radical (unpaired) electrons. The summed E-state index contributed by atoms with van der Waals surface area (Å²) < 4.78 is 5.74. The Morgan fingerprint density at radius 3 is 2.41 bits per heavy atom. The summed E-state index contributed by atoms with van der Waals surface area (Å²) in [6.45, 7) is 9.08. The first-order valence-corrected chi connectivity index (χ1v) is 8.80. The Balaban J connectivity index is 1.66. The van der Waals surface area contributed by atoms with Crippen LogP contribution in [0.4, 0.5) is 0 Å². The van der Waals surface area contributed by atoms with Gasteiger partial charge in [-0.3, -0.25) is 4.90 Å². The van der Waals surface area contributed by atoms with E-state index in [1.54, 1.807) is 0 Å². The van der Waals surface area contributed by atoms with E-state index in [0.29, 0.717) is 5.92 Å². The fourth-order valence-electron chi connectivity index (χ4n) is 4.60. The zero-order valence-corrected chi connectivity index (χ0v) is 13.7. The van der Waals surface area contributed by atoms with Gasteiger partial charge in [0.05, 0.1) is 0 Å². The van der Waals surface area contributed by atoms with Crippen molar-refractivity contribution >= 4 is 5.97 Å². The highest BCUT2D eigenvalue weighted by Gasteiger charge is 2.46. The summed E-state index contributed by atoms with van der Waals surface area (Å²) >= 11 is 0. The first kappa shape index (κ1) is 16.0. The highest BCUT2D eigenvalue weighted by Crippen LogP contribution is 2.45. The summed E-state index contributed by atoms with van der Waals surface area (Å²) in [7, 11) is 0. The largest absolute Gasteiger partial charge is 0.459 e. The van der Waals surface area contributed by atoms with Gasteiger partial charge >= 0.3 is 5.97 Å². The predicted octanol–water partition coefficient (Wildman–Crippen LogP) is 2.51. The molecule has 22 heavy (non-hydrogen) atoms. The van der Waals surface area contributed by atoms with Gasteiger partial charge in [-0.2, -0.15) is 0 Å². The molecule has 0 aromatic carbocycles. The van der Waals surface area contributed by atoms with E-state index in [1.165, 1.54) is 6.42 Å². The van der Waals surface area contributed by atoms with Crippen LogP contribution in [-0.2, 0) is 9.53 Å². The standard InChI is InChI=1S/C18H29NO3/c1-13(2)18(8-4-3-5-9-18)16(20)17(21)22-15-12-19-10-6-14(15)7-11-19/h14-16,20H,1,3-12H2,2H3. The smallest absolute Gasteiger partial charge is 0.336 e. The maximum absolute atomic E-state index is 12.6. The number of carbonyl (C=O) groups is 1. The lowest BCUT2D eigenvalue weighted by Gasteiger charge is -2.45. The van der Waals surface area contributed by atoms with Crippen LogP contribution in [0.1, 0.15) is 51.9 Å². The Hall–Kier alpha value is -0.870. The van der Waals surface area contributed by atoms with Gasteiger partial charge < -0.3 is 9.84 Å². The summed E-state index contributed by atoms with van der Waals surface area (Å²) in [6.07, 6.45) is 6.11. The highest BCUT2D eigenvalue weighted by molar-refractivity contribution is 5.76. The topological polar surface area (TPSA) is 49.8 Å². The molecule has 4 nitrogen and oxygen atoms in total. The van der Waals surface area contributed by atoms with Gasteiger partial charge in [-0.15, -0.1) is 0 Å². The Labute approximate surface area is 133 Å². The zero-order valence-electron chi connectivity index (χ0n) is 13.7. The van der Waals surface area contributed by atoms with Gasteiger partial charge in [0.25, 0.3) is 0 Å². The molecule has 4 heteroatoms. The number of fused-ring (bicyclic) bond motifs is 3. The molecule has 1 aliphatic carbocycles. The monoisotopic (exact) mass is 307 g/mol. The molecular formula is C18H29NO3. The van der Waals surface area contributed by atoms with E-state index in [4.69, 9.17) is 4.74 Å². The van der Waals surface area contributed by atoms with Gasteiger partial charge in [0.15, 0.2) is 6.10 Å². The third-order valence-electron chi connectivity index (χ3n) is 6.21. The van der Waals surface area contributed by atoms with E-state index in [9.17, 15) is 9.90 Å². The third-order valence-corrected chi connectivity index (χ3v) is 6.21. The summed E-state index contributed by atoms with van der Waals surface area (Å²) in [5.74, 6) is 0.0527. The second kappa shape index (κ2) is 6.32. The van der Waals surface area contributed by atoms with Crippen LogP contribution in [0.15, 0.2) is 12.2 Å². The minimum absolute atomic E-state index is 0.0320. The van der Waals surface area contributed by atoms with Crippen LogP contribution < -0.4 is 0 Å². The fraction of sp³-hybridized carbons (Fsp3) is 0.833. The molecule has 4 aliphatic rings. The lowest BCUT2D eigenvalue weighted by molar-refractivity contribution is -0.175. The Kier molecular flexibility index (Phi) is 4.60. The predicted molar refractivity (Wildman–Crippen MR) is 85.4 cm³/mol. The normalized spacial score (nSPS) is 34.9. The van der Waals surface area contributed by atoms with Crippen molar-refractivity contribution in [1.82, 2.24) is 4.90 Å². The van der Waals surface area contributed by atoms with E-state index in [-0.39, 0.29) is 6.10 Å². The number of carbonyl (C=O) groups excluding carboxylic acids is 1. The maximum atomic E-state index is 12.6. The number of aliphatic hydroxyl groups excluding tert-OH is 1. The lowest BCUT2D eigenvalue weighted by Crippen LogP contribution is -2.53. The van der Waals surface area contributed by atoms with Gasteiger partial charge in [0.1, 0.15) is 6.10 Å². The number of hydrogen-bond donors (Lipinski definition) is 1. The summed E-state index contributed by atoms with van der Waals surface area (Å²) in [4.78, 5) is 14.9. The van der Waals surface area contributed by atoms with Crippen molar-refractivity contribution in [3.63, 3.8) is 0 Å². The molecule has 0 aromatic heterocycles. The Bertz CT molecular complexity index is 434.